The van der Waals surface area contributed by atoms with E-state index in [1.165, 1.54) is 141 Å². The topological polar surface area (TPSA) is 134 Å². The molecular weight excluding hydrogens is 737 g/mol. The fraction of sp³-hybridized carbons (Fsp3) is 0.872. The zero-order valence-corrected chi connectivity index (χ0v) is 38.0. The predicted octanol–water partition coefficient (Wildman–Crippen LogP) is 13.9. The standard InChI is InChI=1S/C47H90NO8P/c1-3-5-7-9-11-13-15-17-19-21-22-23-24-26-27-29-31-33-35-37-39-46(49)53-43-45(44-55-57(51,52)54-42-41-48)56-47(50)40-38-36-34-32-30-28-25-20-18-16-14-12-10-8-6-4-2/h14,16,20,25,45H,3-13,15,17-19,21-24,26-44,48H2,1-2H3,(H,51,52)/b16-14-,25-20-. The van der Waals surface area contributed by atoms with Gasteiger partial charge in [0, 0.05) is 19.4 Å². The molecule has 0 rings (SSSR count). The molecule has 0 heterocycles. The summed E-state index contributed by atoms with van der Waals surface area (Å²) < 4.78 is 32.8. The summed E-state index contributed by atoms with van der Waals surface area (Å²) in [5, 5.41) is 0. The lowest BCUT2D eigenvalue weighted by molar-refractivity contribution is -0.161. The maximum Gasteiger partial charge on any atom is 0.472 e. The Morgan fingerprint density at radius 3 is 1.35 bits per heavy atom. The van der Waals surface area contributed by atoms with Crippen LogP contribution in [0.2, 0.25) is 0 Å². The first-order chi connectivity index (χ1) is 27.8. The predicted molar refractivity (Wildman–Crippen MR) is 238 cm³/mol. The molecule has 0 spiro atoms. The second-order valence-corrected chi connectivity index (χ2v) is 17.4. The number of phosphoric acid groups is 1. The Bertz CT molecular complexity index is 990. The first-order valence-corrected chi connectivity index (χ1v) is 25.3. The summed E-state index contributed by atoms with van der Waals surface area (Å²) in [5.74, 6) is -0.833. The number of carbonyl (C=O) groups is 2. The fourth-order valence-electron chi connectivity index (χ4n) is 6.78. The van der Waals surface area contributed by atoms with Crippen LogP contribution >= 0.6 is 7.82 Å². The van der Waals surface area contributed by atoms with Gasteiger partial charge in [0.1, 0.15) is 6.61 Å². The van der Waals surface area contributed by atoms with Crippen molar-refractivity contribution >= 4 is 19.8 Å². The number of phosphoric ester groups is 1. The van der Waals surface area contributed by atoms with E-state index in [-0.39, 0.29) is 38.6 Å². The molecule has 0 aromatic carbocycles. The summed E-state index contributed by atoms with van der Waals surface area (Å²) in [6.07, 6.45) is 47.8. The van der Waals surface area contributed by atoms with Crippen molar-refractivity contribution in [1.29, 1.82) is 0 Å². The van der Waals surface area contributed by atoms with Crippen molar-refractivity contribution in [3.05, 3.63) is 24.3 Å². The summed E-state index contributed by atoms with van der Waals surface area (Å²) in [6, 6.07) is 0. The Hall–Kier alpha value is -1.51. The first kappa shape index (κ1) is 55.5. The van der Waals surface area contributed by atoms with Gasteiger partial charge in [-0.25, -0.2) is 4.57 Å². The SMILES string of the molecule is CCCCCC/C=C\C/C=C\CCCCCCCC(=O)OC(COC(=O)CCCCCCCCCCCCCCCCCCCCCC)COP(=O)(O)OCCN. The Balaban J connectivity index is 4.07. The van der Waals surface area contributed by atoms with E-state index in [1.807, 2.05) is 0 Å². The molecule has 0 aromatic rings. The number of rotatable bonds is 45. The van der Waals surface area contributed by atoms with Gasteiger partial charge < -0.3 is 20.1 Å². The van der Waals surface area contributed by atoms with Crippen LogP contribution < -0.4 is 5.73 Å². The molecule has 3 N–H and O–H groups in total. The number of hydrogen-bond donors (Lipinski definition) is 2. The van der Waals surface area contributed by atoms with E-state index >= 15 is 0 Å². The number of ether oxygens (including phenoxy) is 2. The van der Waals surface area contributed by atoms with Crippen LogP contribution in [0.5, 0.6) is 0 Å². The molecular formula is C47H90NO8P. The Morgan fingerprint density at radius 1 is 0.526 bits per heavy atom. The van der Waals surface area contributed by atoms with E-state index in [2.05, 4.69) is 38.2 Å². The highest BCUT2D eigenvalue weighted by Gasteiger charge is 2.26. The van der Waals surface area contributed by atoms with Crippen LogP contribution in [0.4, 0.5) is 0 Å². The molecule has 0 amide bonds. The van der Waals surface area contributed by atoms with E-state index in [1.54, 1.807) is 0 Å². The number of nitrogens with two attached hydrogens (primary N) is 1. The van der Waals surface area contributed by atoms with Crippen molar-refractivity contribution in [2.24, 2.45) is 5.73 Å². The zero-order chi connectivity index (χ0) is 41.8. The van der Waals surface area contributed by atoms with Crippen LogP contribution in [-0.4, -0.2) is 49.3 Å². The van der Waals surface area contributed by atoms with Crippen LogP contribution in [0, 0.1) is 0 Å². The minimum atomic E-state index is -4.38. The molecule has 0 aliphatic heterocycles. The number of hydrogen-bond acceptors (Lipinski definition) is 8. The molecule has 9 nitrogen and oxygen atoms in total. The van der Waals surface area contributed by atoms with Gasteiger partial charge in [-0.3, -0.25) is 18.6 Å². The lowest BCUT2D eigenvalue weighted by Gasteiger charge is -2.19. The van der Waals surface area contributed by atoms with Gasteiger partial charge in [-0.15, -0.1) is 0 Å². The summed E-state index contributed by atoms with van der Waals surface area (Å²) in [4.78, 5) is 34.9. The highest BCUT2D eigenvalue weighted by Crippen LogP contribution is 2.43. The lowest BCUT2D eigenvalue weighted by atomic mass is 10.0. The minimum Gasteiger partial charge on any atom is -0.462 e. The molecule has 0 aromatic heterocycles. The van der Waals surface area contributed by atoms with Crippen molar-refractivity contribution < 1.29 is 37.6 Å². The number of esters is 2. The fourth-order valence-corrected chi connectivity index (χ4v) is 7.55. The molecule has 0 fully saturated rings. The van der Waals surface area contributed by atoms with Crippen molar-refractivity contribution in [3.8, 4) is 0 Å². The van der Waals surface area contributed by atoms with E-state index in [0.717, 1.165) is 57.8 Å². The highest BCUT2D eigenvalue weighted by molar-refractivity contribution is 7.47. The van der Waals surface area contributed by atoms with E-state index in [9.17, 15) is 19.0 Å². The molecule has 0 aliphatic carbocycles. The van der Waals surface area contributed by atoms with Gasteiger partial charge in [-0.05, 0) is 44.9 Å². The highest BCUT2D eigenvalue weighted by atomic mass is 31.2. The third-order valence-electron chi connectivity index (χ3n) is 10.3. The largest absolute Gasteiger partial charge is 0.472 e. The molecule has 10 heteroatoms. The third-order valence-corrected chi connectivity index (χ3v) is 11.3. The number of carbonyl (C=O) groups excluding carboxylic acids is 2. The second-order valence-electron chi connectivity index (χ2n) is 16.0. The quantitative estimate of drug-likeness (QED) is 0.0266. The van der Waals surface area contributed by atoms with Gasteiger partial charge in [0.25, 0.3) is 0 Å². The van der Waals surface area contributed by atoms with Gasteiger partial charge in [-0.2, -0.15) is 0 Å². The van der Waals surface area contributed by atoms with Crippen LogP contribution in [0.1, 0.15) is 232 Å². The molecule has 0 saturated carbocycles. The number of unbranched alkanes of at least 4 members (excludes halogenated alkanes) is 28. The summed E-state index contributed by atoms with van der Waals surface area (Å²) in [6.45, 7) is 3.73. The van der Waals surface area contributed by atoms with Crippen LogP contribution in [0.25, 0.3) is 0 Å². The second kappa shape index (κ2) is 44.1. The average Bonchev–Trinajstić information content (AvgIpc) is 3.20. The summed E-state index contributed by atoms with van der Waals surface area (Å²) in [7, 11) is -4.38. The van der Waals surface area contributed by atoms with E-state index in [4.69, 9.17) is 24.3 Å². The maximum atomic E-state index is 12.6. The van der Waals surface area contributed by atoms with Crippen molar-refractivity contribution in [2.75, 3.05) is 26.4 Å². The van der Waals surface area contributed by atoms with Crippen molar-refractivity contribution in [1.82, 2.24) is 0 Å². The third kappa shape index (κ3) is 43.9. The molecule has 57 heavy (non-hydrogen) atoms. The monoisotopic (exact) mass is 828 g/mol. The zero-order valence-electron chi connectivity index (χ0n) is 37.1. The Labute approximate surface area is 351 Å². The lowest BCUT2D eigenvalue weighted by Crippen LogP contribution is -2.29. The first-order valence-electron chi connectivity index (χ1n) is 23.8. The Kier molecular flexibility index (Phi) is 42.9. The van der Waals surface area contributed by atoms with Gasteiger partial charge in [-0.1, -0.05) is 199 Å². The smallest absolute Gasteiger partial charge is 0.462 e. The van der Waals surface area contributed by atoms with Crippen LogP contribution in [0.15, 0.2) is 24.3 Å². The molecule has 0 saturated heterocycles. The molecule has 336 valence electrons. The summed E-state index contributed by atoms with van der Waals surface area (Å²) in [5.41, 5.74) is 5.36. The van der Waals surface area contributed by atoms with E-state index < -0.39 is 26.5 Å². The van der Waals surface area contributed by atoms with Gasteiger partial charge in [0.05, 0.1) is 13.2 Å². The van der Waals surface area contributed by atoms with Crippen molar-refractivity contribution in [2.45, 2.75) is 238 Å². The van der Waals surface area contributed by atoms with Crippen LogP contribution in [0.3, 0.4) is 0 Å². The number of allylic oxidation sites excluding steroid dienone is 4. The van der Waals surface area contributed by atoms with Gasteiger partial charge in [0.15, 0.2) is 6.10 Å². The maximum absolute atomic E-state index is 12.6. The Morgan fingerprint density at radius 2 is 0.912 bits per heavy atom. The van der Waals surface area contributed by atoms with Gasteiger partial charge in [0.2, 0.25) is 0 Å². The molecule has 2 atom stereocenters. The molecule has 2 unspecified atom stereocenters. The van der Waals surface area contributed by atoms with Crippen molar-refractivity contribution in [3.63, 3.8) is 0 Å². The molecule has 0 bridgehead atoms. The van der Waals surface area contributed by atoms with Gasteiger partial charge >= 0.3 is 19.8 Å². The molecule has 0 radical (unpaired) electrons. The summed E-state index contributed by atoms with van der Waals surface area (Å²) >= 11 is 0. The normalized spacial score (nSPS) is 13.4. The average molecular weight is 828 g/mol. The van der Waals surface area contributed by atoms with E-state index in [0.29, 0.717) is 6.42 Å². The minimum absolute atomic E-state index is 0.0526. The molecule has 0 aliphatic rings. The van der Waals surface area contributed by atoms with Crippen LogP contribution in [-0.2, 0) is 32.7 Å².